The number of hydrogen-bond donors (Lipinski definition) is 1. The van der Waals surface area contributed by atoms with E-state index >= 15 is 0 Å². The van der Waals surface area contributed by atoms with Gasteiger partial charge in [0.1, 0.15) is 6.54 Å². The number of carbonyl (C=O) groups is 2. The van der Waals surface area contributed by atoms with Crippen molar-refractivity contribution in [2.45, 2.75) is 13.8 Å². The van der Waals surface area contributed by atoms with Gasteiger partial charge >= 0.3 is 16.2 Å². The van der Waals surface area contributed by atoms with Gasteiger partial charge in [0.15, 0.2) is 0 Å². The lowest BCUT2D eigenvalue weighted by molar-refractivity contribution is -0.138. The van der Waals surface area contributed by atoms with Crippen LogP contribution in [0.25, 0.3) is 0 Å². The number of rotatable bonds is 5. The smallest absolute Gasteiger partial charge is 0.344 e. The zero-order chi connectivity index (χ0) is 18.6. The molecular weight excluding hydrogens is 370 g/mol. The lowest BCUT2D eigenvalue weighted by Crippen LogP contribution is -2.37. The molecule has 1 N–H and O–H groups in total. The number of amides is 1. The molecule has 0 saturated carbocycles. The lowest BCUT2D eigenvalue weighted by atomic mass is 10.2. The average Bonchev–Trinajstić information content (AvgIpc) is 2.52. The molecule has 8 nitrogen and oxygen atoms in total. The zero-order valence-electron chi connectivity index (χ0n) is 13.5. The molecule has 0 bridgehead atoms. The molecule has 1 aromatic carbocycles. The van der Waals surface area contributed by atoms with Crippen molar-refractivity contribution < 1.29 is 22.7 Å². The van der Waals surface area contributed by atoms with Crippen LogP contribution in [0.3, 0.4) is 0 Å². The first kappa shape index (κ1) is 18.9. The zero-order valence-corrected chi connectivity index (χ0v) is 15.1. The summed E-state index contributed by atoms with van der Waals surface area (Å²) in [6, 6.07) is 6.32. The van der Waals surface area contributed by atoms with Gasteiger partial charge in [0.05, 0.1) is 17.9 Å². The van der Waals surface area contributed by atoms with Crippen LogP contribution in [0.4, 0.5) is 5.69 Å². The first-order chi connectivity index (χ1) is 11.7. The van der Waals surface area contributed by atoms with E-state index in [9.17, 15) is 18.0 Å². The molecule has 2 rings (SSSR count). The number of benzene rings is 1. The Labute approximate surface area is 150 Å². The summed E-state index contributed by atoms with van der Waals surface area (Å²) >= 11 is 5.76. The van der Waals surface area contributed by atoms with Gasteiger partial charge in [-0.15, -0.1) is 4.40 Å². The topological polar surface area (TPSA) is 105 Å². The summed E-state index contributed by atoms with van der Waals surface area (Å²) in [6.45, 7) is 2.60. The van der Waals surface area contributed by atoms with Crippen LogP contribution in [0.2, 0.25) is 5.02 Å². The minimum absolute atomic E-state index is 0.00723. The third-order valence-electron chi connectivity index (χ3n) is 3.13. The van der Waals surface area contributed by atoms with Gasteiger partial charge in [-0.25, -0.2) is 9.10 Å². The molecule has 1 aliphatic heterocycles. The maximum Gasteiger partial charge on any atom is 0.344 e. The second-order valence-corrected chi connectivity index (χ2v) is 7.00. The van der Waals surface area contributed by atoms with Gasteiger partial charge < -0.3 is 10.1 Å². The normalized spacial score (nSPS) is 15.9. The number of anilines is 1. The summed E-state index contributed by atoms with van der Waals surface area (Å²) in [7, 11) is -4.09. The second kappa shape index (κ2) is 7.66. The van der Waals surface area contributed by atoms with E-state index in [1.54, 1.807) is 31.2 Å². The van der Waals surface area contributed by atoms with Crippen LogP contribution in [0, 0.1) is 0 Å². The summed E-state index contributed by atoms with van der Waals surface area (Å²) < 4.78 is 33.2. The molecule has 10 heteroatoms. The third kappa shape index (κ3) is 4.80. The molecule has 1 aliphatic rings. The Bertz CT molecular complexity index is 846. The summed E-state index contributed by atoms with van der Waals surface area (Å²) in [4.78, 5) is 24.0. The lowest BCUT2D eigenvalue weighted by Gasteiger charge is -2.22. The van der Waals surface area contributed by atoms with Gasteiger partial charge in [0.2, 0.25) is 5.91 Å². The SMILES string of the molecule is CCOC(=O)C1=CN(CC(=O)Nc2ccc(Cl)cc2)S(=O)(=O)N=C1C. The van der Waals surface area contributed by atoms with E-state index in [2.05, 4.69) is 9.71 Å². The van der Waals surface area contributed by atoms with Crippen LogP contribution in [0.1, 0.15) is 13.8 Å². The van der Waals surface area contributed by atoms with E-state index in [1.165, 1.54) is 6.92 Å². The van der Waals surface area contributed by atoms with Crippen molar-refractivity contribution in [3.63, 3.8) is 0 Å². The van der Waals surface area contributed by atoms with Crippen molar-refractivity contribution in [3.8, 4) is 0 Å². The molecule has 25 heavy (non-hydrogen) atoms. The van der Waals surface area contributed by atoms with Gasteiger partial charge in [-0.3, -0.25) is 4.79 Å². The second-order valence-electron chi connectivity index (χ2n) is 5.02. The van der Waals surface area contributed by atoms with Crippen molar-refractivity contribution >= 4 is 45.1 Å². The van der Waals surface area contributed by atoms with Gasteiger partial charge in [-0.05, 0) is 38.1 Å². The highest BCUT2D eigenvalue weighted by molar-refractivity contribution is 7.88. The van der Waals surface area contributed by atoms with Crippen LogP contribution in [-0.2, 0) is 24.5 Å². The van der Waals surface area contributed by atoms with Gasteiger partial charge in [-0.1, -0.05) is 11.6 Å². The molecule has 0 aromatic heterocycles. The van der Waals surface area contributed by atoms with Crippen molar-refractivity contribution in [2.75, 3.05) is 18.5 Å². The van der Waals surface area contributed by atoms with Crippen LogP contribution in [0.15, 0.2) is 40.4 Å². The van der Waals surface area contributed by atoms with Crippen LogP contribution < -0.4 is 5.32 Å². The molecule has 134 valence electrons. The Morgan fingerprint density at radius 1 is 1.28 bits per heavy atom. The fourth-order valence-electron chi connectivity index (χ4n) is 1.99. The van der Waals surface area contributed by atoms with E-state index in [1.807, 2.05) is 0 Å². The first-order valence-corrected chi connectivity index (χ1v) is 9.03. The number of hydrogen-bond acceptors (Lipinski definition) is 5. The van der Waals surface area contributed by atoms with Crippen molar-refractivity contribution in [3.05, 3.63) is 41.1 Å². The number of nitrogens with one attached hydrogen (secondary N) is 1. The van der Waals surface area contributed by atoms with Crippen molar-refractivity contribution in [2.24, 2.45) is 4.40 Å². The molecule has 1 aromatic rings. The van der Waals surface area contributed by atoms with E-state index in [-0.39, 0.29) is 17.9 Å². The largest absolute Gasteiger partial charge is 0.462 e. The van der Waals surface area contributed by atoms with E-state index in [4.69, 9.17) is 16.3 Å². The highest BCUT2D eigenvalue weighted by atomic mass is 35.5. The molecule has 1 heterocycles. The fraction of sp³-hybridized carbons (Fsp3) is 0.267. The molecule has 0 aliphatic carbocycles. The number of nitrogens with zero attached hydrogens (tertiary/aromatic N) is 2. The van der Waals surface area contributed by atoms with Crippen LogP contribution in [-0.4, -0.2) is 43.5 Å². The Kier molecular flexibility index (Phi) is 5.81. The number of esters is 1. The Hall–Kier alpha value is -2.39. The minimum Gasteiger partial charge on any atom is -0.462 e. The molecule has 0 unspecified atom stereocenters. The van der Waals surface area contributed by atoms with Crippen LogP contribution >= 0.6 is 11.6 Å². The predicted molar refractivity (Wildman–Crippen MR) is 93.5 cm³/mol. The maximum absolute atomic E-state index is 12.1. The molecule has 0 fully saturated rings. The average molecular weight is 386 g/mol. The minimum atomic E-state index is -4.09. The van der Waals surface area contributed by atoms with Crippen molar-refractivity contribution in [1.82, 2.24) is 4.31 Å². The molecule has 0 spiro atoms. The summed E-state index contributed by atoms with van der Waals surface area (Å²) in [5.74, 6) is -1.30. The van der Waals surface area contributed by atoms with Crippen molar-refractivity contribution in [1.29, 1.82) is 0 Å². The van der Waals surface area contributed by atoms with E-state index in [0.29, 0.717) is 15.0 Å². The van der Waals surface area contributed by atoms with Gasteiger partial charge in [-0.2, -0.15) is 8.42 Å². The predicted octanol–water partition coefficient (Wildman–Crippen LogP) is 1.75. The summed E-state index contributed by atoms with van der Waals surface area (Å²) in [6.07, 6.45) is 1.05. The van der Waals surface area contributed by atoms with E-state index in [0.717, 1.165) is 6.20 Å². The molecule has 0 atom stereocenters. The highest BCUT2D eigenvalue weighted by Gasteiger charge is 2.30. The Morgan fingerprint density at radius 2 is 1.92 bits per heavy atom. The third-order valence-corrected chi connectivity index (χ3v) is 4.72. The monoisotopic (exact) mass is 385 g/mol. The highest BCUT2D eigenvalue weighted by Crippen LogP contribution is 2.18. The van der Waals surface area contributed by atoms with Crippen LogP contribution in [0.5, 0.6) is 0 Å². The summed E-state index contributed by atoms with van der Waals surface area (Å²) in [5.41, 5.74) is 0.446. The standard InChI is InChI=1S/C15H16ClN3O5S/c1-3-24-15(21)13-8-19(25(22,23)18-10(13)2)9-14(20)17-12-6-4-11(16)5-7-12/h4-8H,3,9H2,1-2H3,(H,17,20). The Balaban J connectivity index is 2.16. The van der Waals surface area contributed by atoms with Gasteiger partial charge in [0, 0.05) is 16.9 Å². The number of halogens is 1. The van der Waals surface area contributed by atoms with E-state index < -0.39 is 28.6 Å². The maximum atomic E-state index is 12.1. The Morgan fingerprint density at radius 3 is 2.52 bits per heavy atom. The summed E-state index contributed by atoms with van der Waals surface area (Å²) in [5, 5.41) is 3.04. The molecular formula is C15H16ClN3O5S. The first-order valence-electron chi connectivity index (χ1n) is 7.26. The number of carbonyl (C=O) groups excluding carboxylic acids is 2. The number of ether oxygens (including phenoxy) is 1. The van der Waals surface area contributed by atoms with Gasteiger partial charge in [0.25, 0.3) is 0 Å². The quantitative estimate of drug-likeness (QED) is 0.777. The fourth-order valence-corrected chi connectivity index (χ4v) is 3.18. The molecule has 0 radical (unpaired) electrons. The molecule has 1 amide bonds. The molecule has 0 saturated heterocycles.